The average molecular weight is 417 g/mol. The molecule has 1 saturated heterocycles. The average Bonchev–Trinajstić information content (AvgIpc) is 2.74. The van der Waals surface area contributed by atoms with Gasteiger partial charge >= 0.3 is 7.60 Å². The molecule has 1 unspecified atom stereocenters. The smallest absolute Gasteiger partial charge is 0.357 e. The highest BCUT2D eigenvalue weighted by molar-refractivity contribution is 7.54. The van der Waals surface area contributed by atoms with Crippen LogP contribution in [0, 0.1) is 6.92 Å². The van der Waals surface area contributed by atoms with Gasteiger partial charge in [0, 0.05) is 24.5 Å². The summed E-state index contributed by atoms with van der Waals surface area (Å²) in [7, 11) is -3.40. The maximum absolute atomic E-state index is 13.7. The van der Waals surface area contributed by atoms with Crippen molar-refractivity contribution in [3.8, 4) is 0 Å². The van der Waals surface area contributed by atoms with Crippen LogP contribution < -0.4 is 10.2 Å². The fraction of sp³-hybridized carbons (Fsp3) is 0.478. The molecular formula is C23H33N2O3P. The lowest BCUT2D eigenvalue weighted by Gasteiger charge is -2.30. The van der Waals surface area contributed by atoms with E-state index in [2.05, 4.69) is 22.3 Å². The summed E-state index contributed by atoms with van der Waals surface area (Å²) in [5, 5.41) is 3.41. The van der Waals surface area contributed by atoms with Crippen LogP contribution in [0.15, 0.2) is 48.5 Å². The van der Waals surface area contributed by atoms with Gasteiger partial charge in [0.25, 0.3) is 0 Å². The molecule has 0 aliphatic carbocycles. The number of aryl methyl sites for hydroxylation is 1. The number of benzene rings is 2. The number of piperidine rings is 1. The van der Waals surface area contributed by atoms with E-state index in [0.29, 0.717) is 13.2 Å². The van der Waals surface area contributed by atoms with Crippen molar-refractivity contribution in [1.82, 2.24) is 0 Å². The van der Waals surface area contributed by atoms with Gasteiger partial charge in [-0.05, 0) is 69.9 Å². The minimum absolute atomic E-state index is 0.329. The molecule has 2 aromatic rings. The van der Waals surface area contributed by atoms with Gasteiger partial charge in [0.05, 0.1) is 13.2 Å². The van der Waals surface area contributed by atoms with Crippen LogP contribution >= 0.6 is 7.60 Å². The molecule has 158 valence electrons. The summed E-state index contributed by atoms with van der Waals surface area (Å²) in [6.07, 6.45) is 3.79. The molecule has 1 atom stereocenters. The molecule has 0 spiro atoms. The van der Waals surface area contributed by atoms with Gasteiger partial charge in [0.15, 0.2) is 5.78 Å². The molecular weight excluding hydrogens is 383 g/mol. The van der Waals surface area contributed by atoms with Crippen LogP contribution in [-0.2, 0) is 13.6 Å². The van der Waals surface area contributed by atoms with E-state index >= 15 is 0 Å². The van der Waals surface area contributed by atoms with Crippen molar-refractivity contribution < 1.29 is 13.6 Å². The van der Waals surface area contributed by atoms with E-state index in [9.17, 15) is 4.57 Å². The third kappa shape index (κ3) is 5.63. The summed E-state index contributed by atoms with van der Waals surface area (Å²) in [6.45, 7) is 8.58. The van der Waals surface area contributed by atoms with E-state index in [1.54, 1.807) is 0 Å². The van der Waals surface area contributed by atoms with Gasteiger partial charge in [-0.2, -0.15) is 0 Å². The molecule has 3 rings (SSSR count). The molecule has 0 aromatic heterocycles. The highest BCUT2D eigenvalue weighted by atomic mass is 31.2. The van der Waals surface area contributed by atoms with Crippen molar-refractivity contribution in [3.63, 3.8) is 0 Å². The normalized spacial score (nSPS) is 15.9. The number of nitrogens with zero attached hydrogens (tertiary/aromatic N) is 1. The van der Waals surface area contributed by atoms with E-state index in [-0.39, 0.29) is 0 Å². The molecule has 0 amide bonds. The number of nitrogens with one attached hydrogen (secondary N) is 1. The first kappa shape index (κ1) is 21.9. The van der Waals surface area contributed by atoms with Crippen LogP contribution in [0.1, 0.15) is 50.0 Å². The summed E-state index contributed by atoms with van der Waals surface area (Å²) >= 11 is 0. The van der Waals surface area contributed by atoms with E-state index in [4.69, 9.17) is 9.05 Å². The molecule has 5 nitrogen and oxygen atoms in total. The molecule has 6 heteroatoms. The first-order valence-corrected chi connectivity index (χ1v) is 12.2. The predicted molar refractivity (Wildman–Crippen MR) is 121 cm³/mol. The Kier molecular flexibility index (Phi) is 7.77. The standard InChI is InChI=1S/C23H33N2O3P/c1-4-27-29(26,28-5-2)23(24-21-13-9-19(3)10-14-21)20-11-15-22(16-12-20)25-17-7-6-8-18-25/h9-16,23-24H,4-8,17-18H2,1-3H3. The monoisotopic (exact) mass is 416 g/mol. The molecule has 1 N–H and O–H groups in total. The minimum atomic E-state index is -3.40. The molecule has 2 aromatic carbocycles. The fourth-order valence-electron chi connectivity index (χ4n) is 3.72. The van der Waals surface area contributed by atoms with E-state index in [0.717, 1.165) is 24.3 Å². The van der Waals surface area contributed by atoms with Gasteiger partial charge in [-0.3, -0.25) is 4.57 Å². The second-order valence-corrected chi connectivity index (χ2v) is 9.54. The Morgan fingerprint density at radius 2 is 1.52 bits per heavy atom. The lowest BCUT2D eigenvalue weighted by molar-refractivity contribution is 0.214. The first-order chi connectivity index (χ1) is 14.1. The zero-order chi connectivity index (χ0) is 20.7. The minimum Gasteiger partial charge on any atom is -0.372 e. The second kappa shape index (κ2) is 10.3. The quantitative estimate of drug-likeness (QED) is 0.482. The molecule has 1 aliphatic rings. The topological polar surface area (TPSA) is 50.8 Å². The molecule has 1 aliphatic heterocycles. The largest absolute Gasteiger partial charge is 0.372 e. The van der Waals surface area contributed by atoms with Crippen molar-refractivity contribution in [3.05, 3.63) is 59.7 Å². The molecule has 1 fully saturated rings. The molecule has 0 saturated carbocycles. The van der Waals surface area contributed by atoms with Crippen LogP contribution in [0.5, 0.6) is 0 Å². The fourth-order valence-corrected chi connectivity index (χ4v) is 5.66. The zero-order valence-electron chi connectivity index (χ0n) is 17.8. The Bertz CT molecular complexity index is 792. The second-order valence-electron chi connectivity index (χ2n) is 7.43. The lowest BCUT2D eigenvalue weighted by Crippen LogP contribution is -2.29. The van der Waals surface area contributed by atoms with Crippen LogP contribution in [0.3, 0.4) is 0 Å². The van der Waals surface area contributed by atoms with Crippen LogP contribution in [0.4, 0.5) is 11.4 Å². The van der Waals surface area contributed by atoms with E-state index < -0.39 is 13.4 Å². The Hall–Kier alpha value is -1.81. The number of hydrogen-bond donors (Lipinski definition) is 1. The SMILES string of the molecule is CCOP(=O)(OCC)C(Nc1ccc(C)cc1)c1ccc(N2CCCCC2)cc1. The van der Waals surface area contributed by atoms with Crippen molar-refractivity contribution in [2.24, 2.45) is 0 Å². The Balaban J connectivity index is 1.90. The molecule has 0 bridgehead atoms. The maximum atomic E-state index is 13.7. The third-order valence-corrected chi connectivity index (χ3v) is 7.52. The number of rotatable bonds is 9. The highest BCUT2D eigenvalue weighted by Gasteiger charge is 2.37. The zero-order valence-corrected chi connectivity index (χ0v) is 18.7. The number of hydrogen-bond acceptors (Lipinski definition) is 5. The summed E-state index contributed by atoms with van der Waals surface area (Å²) in [5.74, 6) is -0.569. The molecule has 29 heavy (non-hydrogen) atoms. The van der Waals surface area contributed by atoms with Crippen LogP contribution in [-0.4, -0.2) is 26.3 Å². The summed E-state index contributed by atoms with van der Waals surface area (Å²) < 4.78 is 25.0. The van der Waals surface area contributed by atoms with Gasteiger partial charge in [-0.1, -0.05) is 29.8 Å². The Labute approximate surface area is 174 Å². The van der Waals surface area contributed by atoms with Crippen molar-refractivity contribution in [2.75, 3.05) is 36.5 Å². The van der Waals surface area contributed by atoms with Crippen molar-refractivity contribution in [2.45, 2.75) is 45.8 Å². The van der Waals surface area contributed by atoms with E-state index in [1.165, 1.54) is 30.5 Å². The van der Waals surface area contributed by atoms with Gasteiger partial charge < -0.3 is 19.3 Å². The highest BCUT2D eigenvalue weighted by Crippen LogP contribution is 2.60. The third-order valence-electron chi connectivity index (χ3n) is 5.22. The molecule has 0 radical (unpaired) electrons. The summed E-state index contributed by atoms with van der Waals surface area (Å²) in [4.78, 5) is 2.42. The summed E-state index contributed by atoms with van der Waals surface area (Å²) in [5.41, 5.74) is 4.18. The molecule has 1 heterocycles. The van der Waals surface area contributed by atoms with Crippen LogP contribution in [0.25, 0.3) is 0 Å². The van der Waals surface area contributed by atoms with Gasteiger partial charge in [0.1, 0.15) is 0 Å². The predicted octanol–water partition coefficient (Wildman–Crippen LogP) is 6.36. The van der Waals surface area contributed by atoms with Crippen molar-refractivity contribution in [1.29, 1.82) is 0 Å². The van der Waals surface area contributed by atoms with Gasteiger partial charge in [-0.15, -0.1) is 0 Å². The Morgan fingerprint density at radius 1 is 0.931 bits per heavy atom. The lowest BCUT2D eigenvalue weighted by atomic mass is 10.1. The number of anilines is 2. The summed E-state index contributed by atoms with van der Waals surface area (Å²) in [6, 6.07) is 16.4. The van der Waals surface area contributed by atoms with Crippen molar-refractivity contribution >= 4 is 19.0 Å². The van der Waals surface area contributed by atoms with Gasteiger partial charge in [0.2, 0.25) is 0 Å². The Morgan fingerprint density at radius 3 is 2.07 bits per heavy atom. The maximum Gasteiger partial charge on any atom is 0.357 e. The first-order valence-electron chi connectivity index (χ1n) is 10.6. The van der Waals surface area contributed by atoms with Crippen LogP contribution in [0.2, 0.25) is 0 Å². The van der Waals surface area contributed by atoms with E-state index in [1.807, 2.05) is 57.2 Å². The van der Waals surface area contributed by atoms with Gasteiger partial charge in [-0.25, -0.2) is 0 Å².